The van der Waals surface area contributed by atoms with Crippen molar-refractivity contribution in [2.45, 2.75) is 19.8 Å². The number of anilines is 1. The lowest BCUT2D eigenvalue weighted by atomic mass is 9.98. The quantitative estimate of drug-likeness (QED) is 0.742. The molecule has 0 spiro atoms. The second-order valence-corrected chi connectivity index (χ2v) is 6.31. The Morgan fingerprint density at radius 1 is 1.16 bits per heavy atom. The molecule has 1 aliphatic carbocycles. The summed E-state index contributed by atoms with van der Waals surface area (Å²) in [5, 5.41) is 2.84. The molecule has 124 valence electrons. The number of benzene rings is 2. The lowest BCUT2D eigenvalue weighted by Gasteiger charge is -2.09. The summed E-state index contributed by atoms with van der Waals surface area (Å²) in [4.78, 5) is 18.5. The minimum Gasteiger partial charge on any atom is -0.345 e. The lowest BCUT2D eigenvalue weighted by Crippen LogP contribution is -2.05. The van der Waals surface area contributed by atoms with E-state index in [1.165, 1.54) is 23.6 Å². The van der Waals surface area contributed by atoms with Crippen molar-refractivity contribution in [1.82, 2.24) is 9.97 Å². The average molecular weight is 329 g/mol. The van der Waals surface area contributed by atoms with E-state index in [4.69, 9.17) is 0 Å². The fraction of sp³-hybridized carbons (Fsp3) is 0.143. The van der Waals surface area contributed by atoms with Crippen LogP contribution in [0.3, 0.4) is 0 Å². The summed E-state index contributed by atoms with van der Waals surface area (Å²) in [6, 6.07) is 14.6. The highest BCUT2D eigenvalue weighted by Crippen LogP contribution is 2.36. The van der Waals surface area contributed by atoms with Crippen LogP contribution in [-0.2, 0) is 11.2 Å². The Labute approximate surface area is 146 Å². The van der Waals surface area contributed by atoms with Crippen molar-refractivity contribution >= 4 is 23.2 Å². The van der Waals surface area contributed by atoms with Crippen molar-refractivity contribution in [1.29, 1.82) is 0 Å². The van der Waals surface area contributed by atoms with E-state index in [1.807, 2.05) is 24.4 Å². The Morgan fingerprint density at radius 3 is 2.84 bits per heavy atom. The molecule has 4 rings (SSSR count). The number of aromatic nitrogens is 2. The zero-order valence-corrected chi connectivity index (χ0v) is 14.0. The predicted octanol–water partition coefficient (Wildman–Crippen LogP) is 4.52. The van der Waals surface area contributed by atoms with Crippen LogP contribution in [0.5, 0.6) is 0 Å². The first kappa shape index (κ1) is 15.4. The third-order valence-electron chi connectivity index (χ3n) is 4.48. The molecule has 25 heavy (non-hydrogen) atoms. The summed E-state index contributed by atoms with van der Waals surface area (Å²) in [5.41, 5.74) is 8.12. The number of fused-ring (bicyclic) bond motifs is 1. The summed E-state index contributed by atoms with van der Waals surface area (Å²) in [5.74, 6) is -0.0594. The summed E-state index contributed by atoms with van der Waals surface area (Å²) >= 11 is 0. The van der Waals surface area contributed by atoms with E-state index in [0.29, 0.717) is 0 Å². The first-order valence-corrected chi connectivity index (χ1v) is 8.39. The molecule has 0 bridgehead atoms. The number of nitrogens with one attached hydrogen (secondary N) is 2. The topological polar surface area (TPSA) is 57.8 Å². The molecule has 1 aliphatic rings. The van der Waals surface area contributed by atoms with Crippen molar-refractivity contribution in [2.75, 3.05) is 5.32 Å². The molecule has 4 heteroatoms. The number of carbonyl (C=O) groups excluding carboxylic acids is 1. The van der Waals surface area contributed by atoms with Crippen LogP contribution in [0.1, 0.15) is 30.2 Å². The van der Waals surface area contributed by atoms with Crippen molar-refractivity contribution < 1.29 is 4.79 Å². The molecule has 1 amide bonds. The van der Waals surface area contributed by atoms with Crippen LogP contribution >= 0.6 is 0 Å². The first-order valence-electron chi connectivity index (χ1n) is 8.39. The number of amides is 1. The Bertz CT molecular complexity index is 955. The molecule has 0 atom stereocenters. The van der Waals surface area contributed by atoms with Gasteiger partial charge in [-0.1, -0.05) is 24.3 Å². The Kier molecular flexibility index (Phi) is 3.94. The van der Waals surface area contributed by atoms with Gasteiger partial charge in [0.05, 0.1) is 18.2 Å². The molecule has 0 unspecified atom stereocenters. The zero-order valence-electron chi connectivity index (χ0n) is 14.0. The maximum atomic E-state index is 11.3. The van der Waals surface area contributed by atoms with Gasteiger partial charge in [-0.3, -0.25) is 4.79 Å². The van der Waals surface area contributed by atoms with Gasteiger partial charge in [-0.2, -0.15) is 0 Å². The Balaban J connectivity index is 1.71. The maximum Gasteiger partial charge on any atom is 0.221 e. The van der Waals surface area contributed by atoms with Crippen molar-refractivity contribution in [3.63, 3.8) is 0 Å². The van der Waals surface area contributed by atoms with Crippen LogP contribution in [0.15, 0.2) is 55.0 Å². The molecule has 0 radical (unpaired) electrons. The predicted molar refractivity (Wildman–Crippen MR) is 101 cm³/mol. The highest BCUT2D eigenvalue weighted by molar-refractivity contribution is 5.90. The van der Waals surface area contributed by atoms with Gasteiger partial charge in [0.25, 0.3) is 0 Å². The van der Waals surface area contributed by atoms with Crippen molar-refractivity contribution in [2.24, 2.45) is 0 Å². The maximum absolute atomic E-state index is 11.3. The van der Waals surface area contributed by atoms with E-state index in [0.717, 1.165) is 35.3 Å². The number of rotatable bonds is 3. The molecular weight excluding hydrogens is 310 g/mol. The molecule has 1 heterocycles. The third-order valence-corrected chi connectivity index (χ3v) is 4.48. The van der Waals surface area contributed by atoms with Crippen LogP contribution in [0.2, 0.25) is 0 Å². The Morgan fingerprint density at radius 2 is 2.04 bits per heavy atom. The molecule has 2 N–H and O–H groups in total. The summed E-state index contributed by atoms with van der Waals surface area (Å²) in [6.45, 7) is 1.52. The van der Waals surface area contributed by atoms with Crippen LogP contribution in [-0.4, -0.2) is 15.9 Å². The van der Waals surface area contributed by atoms with Gasteiger partial charge in [0.2, 0.25) is 5.91 Å². The molecule has 4 nitrogen and oxygen atoms in total. The van der Waals surface area contributed by atoms with E-state index >= 15 is 0 Å². The van der Waals surface area contributed by atoms with E-state index in [-0.39, 0.29) is 5.91 Å². The fourth-order valence-corrected chi connectivity index (χ4v) is 3.34. The number of aromatic amines is 1. The second kappa shape index (κ2) is 6.40. The number of aryl methyl sites for hydroxylation is 1. The Hall–Kier alpha value is -3.14. The molecule has 0 fully saturated rings. The van der Waals surface area contributed by atoms with Gasteiger partial charge in [-0.05, 0) is 64.9 Å². The molecule has 0 saturated heterocycles. The molecular formula is C21H19N3O. The van der Waals surface area contributed by atoms with Crippen molar-refractivity contribution in [3.05, 3.63) is 71.8 Å². The normalized spacial score (nSPS) is 14.5. The van der Waals surface area contributed by atoms with Gasteiger partial charge in [0, 0.05) is 12.6 Å². The molecule has 0 aliphatic heterocycles. The van der Waals surface area contributed by atoms with Gasteiger partial charge < -0.3 is 10.3 Å². The van der Waals surface area contributed by atoms with Gasteiger partial charge >= 0.3 is 0 Å². The SMILES string of the molecule is CC(=O)Nc1cccc(-c2ccc3c(c2)C(=Cc2cnc[nH]2)CC3)c1. The number of carbonyl (C=O) groups is 1. The van der Waals surface area contributed by atoms with Crippen LogP contribution < -0.4 is 5.32 Å². The van der Waals surface area contributed by atoms with Crippen LogP contribution in [0.4, 0.5) is 5.69 Å². The summed E-state index contributed by atoms with van der Waals surface area (Å²) in [6.07, 6.45) is 7.83. The molecule has 2 aromatic carbocycles. The van der Waals surface area contributed by atoms with E-state index in [2.05, 4.69) is 45.6 Å². The van der Waals surface area contributed by atoms with Crippen LogP contribution in [0.25, 0.3) is 22.8 Å². The molecule has 1 aromatic heterocycles. The highest BCUT2D eigenvalue weighted by atomic mass is 16.1. The van der Waals surface area contributed by atoms with Crippen LogP contribution in [0, 0.1) is 0 Å². The number of allylic oxidation sites excluding steroid dienone is 1. The third kappa shape index (κ3) is 3.24. The number of nitrogens with zero attached hydrogens (tertiary/aromatic N) is 1. The number of H-pyrrole nitrogens is 1. The largest absolute Gasteiger partial charge is 0.345 e. The van der Waals surface area contributed by atoms with Crippen molar-refractivity contribution in [3.8, 4) is 11.1 Å². The zero-order chi connectivity index (χ0) is 17.2. The first-order chi connectivity index (χ1) is 12.2. The van der Waals surface area contributed by atoms with Gasteiger partial charge in [-0.15, -0.1) is 0 Å². The minimum absolute atomic E-state index is 0.0594. The second-order valence-electron chi connectivity index (χ2n) is 6.31. The van der Waals surface area contributed by atoms with Gasteiger partial charge in [0.1, 0.15) is 0 Å². The number of hydrogen-bond donors (Lipinski definition) is 2. The monoisotopic (exact) mass is 329 g/mol. The summed E-state index contributed by atoms with van der Waals surface area (Å²) in [7, 11) is 0. The standard InChI is InChI=1S/C21H19N3O/c1-14(25)24-19-4-2-3-16(9-19)17-7-5-15-6-8-18(21(15)11-17)10-20-12-22-13-23-20/h2-5,7,9-13H,6,8H2,1H3,(H,22,23)(H,24,25). The molecule has 3 aromatic rings. The van der Waals surface area contributed by atoms with E-state index < -0.39 is 0 Å². The lowest BCUT2D eigenvalue weighted by molar-refractivity contribution is -0.114. The summed E-state index contributed by atoms with van der Waals surface area (Å²) < 4.78 is 0. The number of imidazole rings is 1. The number of hydrogen-bond acceptors (Lipinski definition) is 2. The smallest absolute Gasteiger partial charge is 0.221 e. The van der Waals surface area contributed by atoms with E-state index in [9.17, 15) is 4.79 Å². The van der Waals surface area contributed by atoms with E-state index in [1.54, 1.807) is 6.33 Å². The average Bonchev–Trinajstić information content (AvgIpc) is 3.25. The molecule has 0 saturated carbocycles. The minimum atomic E-state index is -0.0594. The fourth-order valence-electron chi connectivity index (χ4n) is 3.34. The highest BCUT2D eigenvalue weighted by Gasteiger charge is 2.17. The van der Waals surface area contributed by atoms with Gasteiger partial charge in [0.15, 0.2) is 0 Å². The van der Waals surface area contributed by atoms with Gasteiger partial charge in [-0.25, -0.2) is 4.98 Å².